The minimum Gasteiger partial charge on any atom is -0.496 e. The van der Waals surface area contributed by atoms with Crippen molar-refractivity contribution >= 4 is 11.7 Å². The molecule has 0 spiro atoms. The Balaban J connectivity index is 2.00. The third kappa shape index (κ3) is 3.31. The lowest BCUT2D eigenvalue weighted by Gasteiger charge is -2.16. The zero-order valence-electron chi connectivity index (χ0n) is 15.6. The highest BCUT2D eigenvalue weighted by molar-refractivity contribution is 6.15. The fraction of sp³-hybridized carbons (Fsp3) is 0.350. The molecular formula is C20H20FN3O3. The van der Waals surface area contributed by atoms with Crippen molar-refractivity contribution in [3.8, 4) is 17.6 Å². The molecule has 0 N–H and O–H groups in total. The van der Waals surface area contributed by atoms with Gasteiger partial charge in [-0.1, -0.05) is 5.92 Å². The SMILES string of the molecule is CC#Cc1cc(F)c(C2C(=O)C(Cc3ccn(C)n3)N(C)C2=O)c(OC)c1. The second-order valence-corrected chi connectivity index (χ2v) is 6.43. The molecule has 27 heavy (non-hydrogen) atoms. The fourth-order valence-electron chi connectivity index (χ4n) is 3.39. The van der Waals surface area contributed by atoms with Gasteiger partial charge in [0, 0.05) is 37.8 Å². The standard InChI is InChI=1S/C20H20FN3O3/c1-5-6-12-9-14(21)17(16(10-12)27-4)18-19(25)15(24(3)20(18)26)11-13-7-8-23(2)22-13/h7-10,15,18H,11H2,1-4H3. The van der Waals surface area contributed by atoms with E-state index in [4.69, 9.17) is 4.74 Å². The fourth-order valence-corrected chi connectivity index (χ4v) is 3.39. The van der Waals surface area contributed by atoms with Gasteiger partial charge in [-0.2, -0.15) is 5.10 Å². The molecule has 2 atom stereocenters. The van der Waals surface area contributed by atoms with E-state index in [2.05, 4.69) is 16.9 Å². The van der Waals surface area contributed by atoms with Gasteiger partial charge in [0.05, 0.1) is 18.8 Å². The Hall–Kier alpha value is -3.14. The first kappa shape index (κ1) is 18.6. The number of ether oxygens (including phenoxy) is 1. The minimum atomic E-state index is -1.23. The molecule has 0 aliphatic carbocycles. The second kappa shape index (κ2) is 7.23. The molecule has 0 bridgehead atoms. The van der Waals surface area contributed by atoms with E-state index in [0.29, 0.717) is 11.3 Å². The molecule has 1 aromatic carbocycles. The Bertz CT molecular complexity index is 971. The van der Waals surface area contributed by atoms with Crippen LogP contribution in [0.15, 0.2) is 24.4 Å². The molecule has 1 fully saturated rings. The molecule has 1 aliphatic heterocycles. The Kier molecular flexibility index (Phi) is 5.00. The lowest BCUT2D eigenvalue weighted by atomic mass is 9.91. The van der Waals surface area contributed by atoms with Gasteiger partial charge in [0.15, 0.2) is 5.78 Å². The molecule has 140 valence electrons. The number of ketones is 1. The van der Waals surface area contributed by atoms with Gasteiger partial charge in [0.2, 0.25) is 5.91 Å². The number of aromatic nitrogens is 2. The second-order valence-electron chi connectivity index (χ2n) is 6.43. The first-order valence-electron chi connectivity index (χ1n) is 8.46. The minimum absolute atomic E-state index is 0.0375. The average Bonchev–Trinajstić information content (AvgIpc) is 3.13. The number of hydrogen-bond acceptors (Lipinski definition) is 4. The molecule has 7 heteroatoms. The van der Waals surface area contributed by atoms with Gasteiger partial charge in [0.1, 0.15) is 17.5 Å². The van der Waals surface area contributed by atoms with E-state index in [-0.39, 0.29) is 23.5 Å². The molecular weight excluding hydrogens is 349 g/mol. The van der Waals surface area contributed by atoms with Crippen molar-refractivity contribution in [2.24, 2.45) is 7.05 Å². The van der Waals surface area contributed by atoms with Crippen LogP contribution in [0.5, 0.6) is 5.75 Å². The van der Waals surface area contributed by atoms with E-state index in [1.165, 1.54) is 18.1 Å². The summed E-state index contributed by atoms with van der Waals surface area (Å²) in [6.45, 7) is 1.64. The average molecular weight is 369 g/mol. The van der Waals surface area contributed by atoms with Gasteiger partial charge in [-0.05, 0) is 25.1 Å². The van der Waals surface area contributed by atoms with Crippen molar-refractivity contribution in [2.75, 3.05) is 14.2 Å². The van der Waals surface area contributed by atoms with Crippen molar-refractivity contribution in [1.82, 2.24) is 14.7 Å². The highest BCUT2D eigenvalue weighted by Gasteiger charge is 2.48. The first-order chi connectivity index (χ1) is 12.9. The first-order valence-corrected chi connectivity index (χ1v) is 8.46. The monoisotopic (exact) mass is 369 g/mol. The zero-order valence-corrected chi connectivity index (χ0v) is 15.6. The van der Waals surface area contributed by atoms with E-state index in [9.17, 15) is 14.0 Å². The summed E-state index contributed by atoms with van der Waals surface area (Å²) in [6.07, 6.45) is 2.05. The quantitative estimate of drug-likeness (QED) is 0.608. The van der Waals surface area contributed by atoms with Crippen LogP contribution in [0.4, 0.5) is 4.39 Å². The number of amides is 1. The van der Waals surface area contributed by atoms with Crippen molar-refractivity contribution in [3.05, 3.63) is 47.0 Å². The van der Waals surface area contributed by atoms with Crippen molar-refractivity contribution in [1.29, 1.82) is 0 Å². The lowest BCUT2D eigenvalue weighted by molar-refractivity contribution is -0.129. The number of methoxy groups -OCH3 is 1. The largest absolute Gasteiger partial charge is 0.496 e. The Morgan fingerprint density at radius 2 is 2.04 bits per heavy atom. The van der Waals surface area contributed by atoms with Gasteiger partial charge in [-0.3, -0.25) is 14.3 Å². The number of carbonyl (C=O) groups is 2. The maximum atomic E-state index is 14.8. The van der Waals surface area contributed by atoms with Crippen LogP contribution >= 0.6 is 0 Å². The molecule has 0 radical (unpaired) electrons. The van der Waals surface area contributed by atoms with Gasteiger partial charge in [-0.25, -0.2) is 4.39 Å². The third-order valence-corrected chi connectivity index (χ3v) is 4.72. The van der Waals surface area contributed by atoms with Crippen molar-refractivity contribution in [2.45, 2.75) is 25.3 Å². The molecule has 6 nitrogen and oxygen atoms in total. The Morgan fingerprint density at radius 3 is 2.63 bits per heavy atom. The van der Waals surface area contributed by atoms with Crippen LogP contribution in [0.2, 0.25) is 0 Å². The maximum Gasteiger partial charge on any atom is 0.238 e. The molecule has 2 aromatic rings. The summed E-state index contributed by atoms with van der Waals surface area (Å²) < 4.78 is 21.7. The number of halogens is 1. The third-order valence-electron chi connectivity index (χ3n) is 4.72. The van der Waals surface area contributed by atoms with Gasteiger partial charge in [0.25, 0.3) is 0 Å². The van der Waals surface area contributed by atoms with E-state index >= 15 is 0 Å². The highest BCUT2D eigenvalue weighted by Crippen LogP contribution is 2.37. The number of carbonyl (C=O) groups excluding carboxylic acids is 2. The molecule has 1 saturated heterocycles. The predicted octanol–water partition coefficient (Wildman–Crippen LogP) is 1.68. The number of rotatable bonds is 4. The van der Waals surface area contributed by atoms with Crippen molar-refractivity contribution < 1.29 is 18.7 Å². The molecule has 0 saturated carbocycles. The van der Waals surface area contributed by atoms with Gasteiger partial charge in [-0.15, -0.1) is 5.92 Å². The summed E-state index contributed by atoms with van der Waals surface area (Å²) in [5.41, 5.74) is 1.08. The summed E-state index contributed by atoms with van der Waals surface area (Å²) in [5, 5.41) is 4.26. The van der Waals surface area contributed by atoms with Gasteiger partial charge < -0.3 is 9.64 Å². The number of aryl methyl sites for hydroxylation is 1. The summed E-state index contributed by atoms with van der Waals surface area (Å²) in [4.78, 5) is 27.2. The summed E-state index contributed by atoms with van der Waals surface area (Å²) in [5.74, 6) is 2.87. The number of likely N-dealkylation sites (N-methyl/N-ethyl adjacent to an activating group) is 1. The highest BCUT2D eigenvalue weighted by atomic mass is 19.1. The number of hydrogen-bond donors (Lipinski definition) is 0. The smallest absolute Gasteiger partial charge is 0.238 e. The number of benzene rings is 1. The topological polar surface area (TPSA) is 64.4 Å². The maximum absolute atomic E-state index is 14.8. The molecule has 2 heterocycles. The normalized spacial score (nSPS) is 19.2. The van der Waals surface area contributed by atoms with E-state index in [1.54, 1.807) is 44.0 Å². The van der Waals surface area contributed by atoms with E-state index in [1.807, 2.05) is 0 Å². The van der Waals surface area contributed by atoms with Crippen LogP contribution in [0.1, 0.15) is 29.7 Å². The Labute approximate surface area is 156 Å². The van der Waals surface area contributed by atoms with E-state index < -0.39 is 23.7 Å². The summed E-state index contributed by atoms with van der Waals surface area (Å²) in [7, 11) is 4.70. The Morgan fingerprint density at radius 1 is 1.30 bits per heavy atom. The van der Waals surface area contributed by atoms with E-state index in [0.717, 1.165) is 0 Å². The summed E-state index contributed by atoms with van der Waals surface area (Å²) >= 11 is 0. The van der Waals surface area contributed by atoms with Crippen LogP contribution in [-0.2, 0) is 23.1 Å². The van der Waals surface area contributed by atoms with Crippen LogP contribution in [0.25, 0.3) is 0 Å². The zero-order chi connectivity index (χ0) is 19.7. The molecule has 1 amide bonds. The molecule has 1 aromatic heterocycles. The van der Waals surface area contributed by atoms with Crippen LogP contribution in [0, 0.1) is 17.7 Å². The molecule has 1 aliphatic rings. The lowest BCUT2D eigenvalue weighted by Crippen LogP contribution is -2.33. The van der Waals surface area contributed by atoms with Crippen LogP contribution in [0.3, 0.4) is 0 Å². The number of Topliss-reactive ketones (excluding diaryl/α,β-unsaturated/α-hetero) is 1. The number of likely N-dealkylation sites (tertiary alicyclic amines) is 1. The predicted molar refractivity (Wildman–Crippen MR) is 96.7 cm³/mol. The van der Waals surface area contributed by atoms with Gasteiger partial charge >= 0.3 is 0 Å². The molecule has 2 unspecified atom stereocenters. The number of nitrogens with zero attached hydrogens (tertiary/aromatic N) is 3. The van der Waals surface area contributed by atoms with Crippen LogP contribution in [-0.4, -0.2) is 46.6 Å². The van der Waals surface area contributed by atoms with Crippen molar-refractivity contribution in [3.63, 3.8) is 0 Å². The van der Waals surface area contributed by atoms with Crippen LogP contribution < -0.4 is 4.74 Å². The summed E-state index contributed by atoms with van der Waals surface area (Å²) in [6, 6.07) is 3.86. The molecule has 3 rings (SSSR count).